The Hall–Kier alpha value is -2.10. The Kier molecular flexibility index (Phi) is 4.67. The molecule has 1 aromatic rings. The molecule has 2 fully saturated rings. The summed E-state index contributed by atoms with van der Waals surface area (Å²) in [5, 5.41) is 0. The summed E-state index contributed by atoms with van der Waals surface area (Å²) in [7, 11) is 0. The first-order chi connectivity index (χ1) is 13.4. The number of morpholine rings is 1. The zero-order chi connectivity index (χ0) is 21.1. The summed E-state index contributed by atoms with van der Waals surface area (Å²) in [6, 6.07) is -0.405. The van der Waals surface area contributed by atoms with Crippen LogP contribution in [0.3, 0.4) is 0 Å². The molecule has 1 aromatic heterocycles. The molecule has 0 unspecified atom stereocenters. The fourth-order valence-corrected chi connectivity index (χ4v) is 4.20. The van der Waals surface area contributed by atoms with E-state index in [1.165, 1.54) is 10.6 Å². The van der Waals surface area contributed by atoms with Crippen LogP contribution in [0.25, 0.3) is 0 Å². The van der Waals surface area contributed by atoms with Crippen LogP contribution in [0.1, 0.15) is 33.6 Å². The summed E-state index contributed by atoms with van der Waals surface area (Å²) in [4.78, 5) is 32.7. The molecular weight excluding hydrogens is 389 g/mol. The predicted octanol–water partition coefficient (Wildman–Crippen LogP) is 1.98. The van der Waals surface area contributed by atoms with Crippen LogP contribution < -0.4 is 15.4 Å². The molecule has 0 saturated carbocycles. The first-order valence-electron chi connectivity index (χ1n) is 9.82. The van der Waals surface area contributed by atoms with Gasteiger partial charge in [0.2, 0.25) is 5.95 Å². The topological polar surface area (TPSA) is 67.7 Å². The lowest BCUT2D eigenvalue weighted by molar-refractivity contribution is -0.153. The molecule has 4 heterocycles. The van der Waals surface area contributed by atoms with Gasteiger partial charge in [0, 0.05) is 24.6 Å². The number of carbonyl (C=O) groups is 1. The molecule has 0 N–H and O–H groups in total. The van der Waals surface area contributed by atoms with Crippen LogP contribution >= 0.6 is 0 Å². The Morgan fingerprint density at radius 2 is 2.03 bits per heavy atom. The fourth-order valence-electron chi connectivity index (χ4n) is 4.20. The minimum absolute atomic E-state index is 0.0575. The van der Waals surface area contributed by atoms with E-state index in [9.17, 15) is 22.8 Å². The average molecular weight is 414 g/mol. The molecule has 3 aliphatic heterocycles. The lowest BCUT2D eigenvalue weighted by atomic mass is 9.90. The van der Waals surface area contributed by atoms with Crippen LogP contribution in [0.5, 0.6) is 0 Å². The number of carbonyl (C=O) groups excluding carboxylic acids is 1. The number of fused-ring (bicyclic) bond motifs is 3. The molecule has 7 nitrogen and oxygen atoms in total. The first kappa shape index (κ1) is 20.2. The van der Waals surface area contributed by atoms with Gasteiger partial charge in [0.05, 0.1) is 25.3 Å². The van der Waals surface area contributed by atoms with Crippen LogP contribution in [0.2, 0.25) is 0 Å². The third-order valence-corrected chi connectivity index (χ3v) is 5.96. The highest BCUT2D eigenvalue weighted by molar-refractivity contribution is 5.88. The first-order valence-corrected chi connectivity index (χ1v) is 9.82. The number of aromatic nitrogens is 2. The van der Waals surface area contributed by atoms with Crippen molar-refractivity contribution >= 4 is 17.5 Å². The van der Waals surface area contributed by atoms with Crippen molar-refractivity contribution in [3.63, 3.8) is 0 Å². The molecule has 29 heavy (non-hydrogen) atoms. The molecule has 2 saturated heterocycles. The zero-order valence-electron chi connectivity index (χ0n) is 16.7. The van der Waals surface area contributed by atoms with Gasteiger partial charge in [-0.2, -0.15) is 18.2 Å². The molecule has 4 rings (SSSR count). The van der Waals surface area contributed by atoms with Gasteiger partial charge in [0.1, 0.15) is 11.9 Å². The van der Waals surface area contributed by atoms with E-state index in [4.69, 9.17) is 4.74 Å². The number of nitrogens with zero attached hydrogens (tertiary/aromatic N) is 4. The molecule has 0 radical (unpaired) electrons. The SMILES string of the molecule is CC(C)(C)C(=O)CN1c2nc(N3C[C@H]4C[C@H]3CO4)cc(=O)n2CC[C@H]1C(F)(F)F. The van der Waals surface area contributed by atoms with Gasteiger partial charge in [0.25, 0.3) is 5.56 Å². The van der Waals surface area contributed by atoms with Crippen LogP contribution in [-0.4, -0.2) is 59.4 Å². The third kappa shape index (κ3) is 3.62. The lowest BCUT2D eigenvalue weighted by Crippen LogP contribution is -2.55. The third-order valence-electron chi connectivity index (χ3n) is 5.96. The number of halogens is 3. The summed E-state index contributed by atoms with van der Waals surface area (Å²) in [6.45, 7) is 5.55. The summed E-state index contributed by atoms with van der Waals surface area (Å²) in [5.74, 6) is -0.0658. The van der Waals surface area contributed by atoms with Gasteiger partial charge in [0.15, 0.2) is 5.78 Å². The maximum absolute atomic E-state index is 13.8. The largest absolute Gasteiger partial charge is 0.408 e. The van der Waals surface area contributed by atoms with Crippen molar-refractivity contribution in [3.8, 4) is 0 Å². The number of ketones is 1. The Bertz CT molecular complexity index is 877. The number of hydrogen-bond acceptors (Lipinski definition) is 6. The number of Topliss-reactive ketones (excluding diaryl/α,β-unsaturated/α-hetero) is 1. The fraction of sp³-hybridized carbons (Fsp3) is 0.737. The lowest BCUT2D eigenvalue weighted by Gasteiger charge is -2.40. The van der Waals surface area contributed by atoms with Crippen LogP contribution in [-0.2, 0) is 16.1 Å². The highest BCUT2D eigenvalue weighted by Gasteiger charge is 2.48. The quantitative estimate of drug-likeness (QED) is 0.754. The molecule has 3 atom stereocenters. The van der Waals surface area contributed by atoms with E-state index in [1.54, 1.807) is 20.8 Å². The second-order valence-corrected chi connectivity index (χ2v) is 9.05. The van der Waals surface area contributed by atoms with Crippen LogP contribution in [0.15, 0.2) is 10.9 Å². The van der Waals surface area contributed by atoms with Gasteiger partial charge in [-0.25, -0.2) is 0 Å². The second kappa shape index (κ2) is 6.72. The van der Waals surface area contributed by atoms with Gasteiger partial charge >= 0.3 is 6.18 Å². The van der Waals surface area contributed by atoms with E-state index in [0.717, 1.165) is 11.3 Å². The van der Waals surface area contributed by atoms with E-state index in [0.29, 0.717) is 19.0 Å². The van der Waals surface area contributed by atoms with E-state index in [2.05, 4.69) is 4.98 Å². The monoisotopic (exact) mass is 414 g/mol. The van der Waals surface area contributed by atoms with Crippen molar-refractivity contribution in [2.45, 2.75) is 64.5 Å². The van der Waals surface area contributed by atoms with E-state index < -0.39 is 29.7 Å². The molecule has 10 heteroatoms. The molecule has 160 valence electrons. The van der Waals surface area contributed by atoms with E-state index in [-0.39, 0.29) is 36.8 Å². The number of ether oxygens (including phenoxy) is 1. The second-order valence-electron chi connectivity index (χ2n) is 9.05. The van der Waals surface area contributed by atoms with Crippen molar-refractivity contribution < 1.29 is 22.7 Å². The summed E-state index contributed by atoms with van der Waals surface area (Å²) in [5.41, 5.74) is -1.20. The highest BCUT2D eigenvalue weighted by Crippen LogP contribution is 2.36. The normalized spacial score (nSPS) is 26.8. The van der Waals surface area contributed by atoms with Gasteiger partial charge in [-0.3, -0.25) is 14.2 Å². The molecular formula is C19H25F3N4O3. The molecule has 0 aromatic carbocycles. The van der Waals surface area contributed by atoms with Crippen LogP contribution in [0, 0.1) is 5.41 Å². The van der Waals surface area contributed by atoms with Crippen molar-refractivity contribution in [1.29, 1.82) is 0 Å². The number of rotatable bonds is 3. The van der Waals surface area contributed by atoms with Gasteiger partial charge in [-0.1, -0.05) is 20.8 Å². The smallest absolute Gasteiger partial charge is 0.374 e. The number of anilines is 2. The Morgan fingerprint density at radius 3 is 2.59 bits per heavy atom. The van der Waals surface area contributed by atoms with Crippen molar-refractivity contribution in [2.24, 2.45) is 5.41 Å². The molecule has 0 spiro atoms. The van der Waals surface area contributed by atoms with Crippen molar-refractivity contribution in [1.82, 2.24) is 9.55 Å². The summed E-state index contributed by atoms with van der Waals surface area (Å²) in [6.07, 6.45) is -3.95. The summed E-state index contributed by atoms with van der Waals surface area (Å²) < 4.78 is 48.1. The molecule has 0 amide bonds. The molecule has 0 aliphatic carbocycles. The van der Waals surface area contributed by atoms with Crippen molar-refractivity contribution in [2.75, 3.05) is 29.5 Å². The highest BCUT2D eigenvalue weighted by atomic mass is 19.4. The average Bonchev–Trinajstić information content (AvgIpc) is 3.23. The standard InChI is InChI=1S/C19H25F3N4O3/c1-18(2,3)14(27)9-26-13(19(20,21)22)4-5-24-16(28)7-15(23-17(24)26)25-8-12-6-11(25)10-29-12/h7,11-13H,4-6,8-10H2,1-3H3/t11-,12+,13-/m0/s1. The maximum Gasteiger partial charge on any atom is 0.408 e. The maximum atomic E-state index is 13.8. The molecule has 2 bridgehead atoms. The van der Waals surface area contributed by atoms with Crippen molar-refractivity contribution in [3.05, 3.63) is 16.4 Å². The van der Waals surface area contributed by atoms with Gasteiger partial charge in [-0.15, -0.1) is 0 Å². The number of alkyl halides is 3. The Balaban J connectivity index is 1.76. The van der Waals surface area contributed by atoms with Gasteiger partial charge < -0.3 is 14.5 Å². The zero-order valence-corrected chi connectivity index (χ0v) is 16.7. The summed E-state index contributed by atoms with van der Waals surface area (Å²) >= 11 is 0. The molecule has 3 aliphatic rings. The van der Waals surface area contributed by atoms with E-state index in [1.807, 2.05) is 4.90 Å². The van der Waals surface area contributed by atoms with Crippen LogP contribution in [0.4, 0.5) is 24.9 Å². The minimum atomic E-state index is -4.53. The Labute approximate surface area is 166 Å². The number of hydrogen-bond donors (Lipinski definition) is 0. The van der Waals surface area contributed by atoms with Gasteiger partial charge in [-0.05, 0) is 12.8 Å². The Morgan fingerprint density at radius 1 is 1.31 bits per heavy atom. The minimum Gasteiger partial charge on any atom is -0.374 e. The predicted molar refractivity (Wildman–Crippen MR) is 100 cm³/mol. The van der Waals surface area contributed by atoms with E-state index >= 15 is 0 Å².